The topological polar surface area (TPSA) is 81.5 Å². The number of sulfonamides is 1. The van der Waals surface area contributed by atoms with Crippen LogP contribution in [0.2, 0.25) is 5.02 Å². The van der Waals surface area contributed by atoms with Crippen molar-refractivity contribution in [2.75, 3.05) is 18.5 Å². The van der Waals surface area contributed by atoms with E-state index in [0.29, 0.717) is 22.8 Å². The third-order valence-corrected chi connectivity index (χ3v) is 7.32. The number of hydrogen-bond donors (Lipinski definition) is 0. The van der Waals surface area contributed by atoms with E-state index in [4.69, 9.17) is 16.3 Å². The Morgan fingerprint density at radius 1 is 1.25 bits per heavy atom. The van der Waals surface area contributed by atoms with Crippen molar-refractivity contribution in [1.82, 2.24) is 9.78 Å². The Kier molecular flexibility index (Phi) is 5.51. The Morgan fingerprint density at radius 2 is 1.96 bits per heavy atom. The Labute approximate surface area is 172 Å². The van der Waals surface area contributed by atoms with Gasteiger partial charge in [0.05, 0.1) is 23.5 Å². The van der Waals surface area contributed by atoms with Gasteiger partial charge in [0, 0.05) is 12.7 Å². The van der Waals surface area contributed by atoms with Crippen molar-refractivity contribution < 1.29 is 17.9 Å². The van der Waals surface area contributed by atoms with Crippen LogP contribution < -0.4 is 9.04 Å². The van der Waals surface area contributed by atoms with Gasteiger partial charge in [-0.25, -0.2) is 13.1 Å². The molecule has 1 aromatic carbocycles. The van der Waals surface area contributed by atoms with Crippen molar-refractivity contribution in [3.05, 3.63) is 57.0 Å². The zero-order valence-corrected chi connectivity index (χ0v) is 18.0. The summed E-state index contributed by atoms with van der Waals surface area (Å²) in [6, 6.07) is 7.83. The molecule has 2 heterocycles. The van der Waals surface area contributed by atoms with Crippen LogP contribution in [0.1, 0.15) is 21.1 Å². The highest BCUT2D eigenvalue weighted by atomic mass is 35.5. The summed E-state index contributed by atoms with van der Waals surface area (Å²) in [5, 5.41) is 6.01. The number of aromatic nitrogens is 2. The smallest absolute Gasteiger partial charge is 0.289 e. The van der Waals surface area contributed by atoms with Gasteiger partial charge in [0.1, 0.15) is 15.5 Å². The Bertz CT molecular complexity index is 1150. The molecule has 0 aliphatic rings. The lowest BCUT2D eigenvalue weighted by molar-refractivity contribution is 0.0943. The molecule has 10 heteroatoms. The number of methoxy groups -OCH3 is 1. The summed E-state index contributed by atoms with van der Waals surface area (Å²) in [5.41, 5.74) is 1.66. The Hall–Kier alpha value is -2.36. The third-order valence-electron chi connectivity index (χ3n) is 4.16. The van der Waals surface area contributed by atoms with Crippen LogP contribution in [0.5, 0.6) is 5.75 Å². The highest BCUT2D eigenvalue weighted by Crippen LogP contribution is 2.33. The molecule has 148 valence electrons. The highest BCUT2D eigenvalue weighted by molar-refractivity contribution is 7.93. The lowest BCUT2D eigenvalue weighted by Gasteiger charge is -2.20. The van der Waals surface area contributed by atoms with Gasteiger partial charge in [0.25, 0.3) is 15.9 Å². The number of benzene rings is 1. The van der Waals surface area contributed by atoms with Crippen molar-refractivity contribution in [3.63, 3.8) is 0 Å². The Balaban J connectivity index is 2.02. The molecule has 3 aromatic rings. The maximum Gasteiger partial charge on any atom is 0.289 e. The van der Waals surface area contributed by atoms with Crippen LogP contribution in [0.15, 0.2) is 40.6 Å². The summed E-state index contributed by atoms with van der Waals surface area (Å²) in [6.07, 6.45) is 0. The van der Waals surface area contributed by atoms with E-state index in [1.54, 1.807) is 37.4 Å². The molecule has 0 radical (unpaired) electrons. The van der Waals surface area contributed by atoms with Crippen molar-refractivity contribution >= 4 is 44.6 Å². The summed E-state index contributed by atoms with van der Waals surface area (Å²) in [5.74, 6) is -0.0486. The normalized spacial score (nSPS) is 11.5. The second-order valence-corrected chi connectivity index (χ2v) is 9.31. The van der Waals surface area contributed by atoms with Gasteiger partial charge in [0.15, 0.2) is 0 Å². The predicted octanol–water partition coefficient (Wildman–Crippen LogP) is 3.74. The molecule has 0 aliphatic heterocycles. The minimum Gasteiger partial charge on any atom is -0.495 e. The van der Waals surface area contributed by atoms with Crippen molar-refractivity contribution in [2.24, 2.45) is 0 Å². The number of ether oxygens (including phenoxy) is 1. The molecule has 0 bridgehead atoms. The molecule has 2 aromatic heterocycles. The van der Waals surface area contributed by atoms with Crippen LogP contribution in [-0.4, -0.2) is 38.3 Å². The number of aryl methyl sites for hydroxylation is 2. The second-order valence-electron chi connectivity index (χ2n) is 6.05. The number of carbonyl (C=O) groups is 1. The fourth-order valence-electron chi connectivity index (χ4n) is 2.72. The molecule has 7 nitrogen and oxygen atoms in total. The summed E-state index contributed by atoms with van der Waals surface area (Å²) >= 11 is 7.18. The quantitative estimate of drug-likeness (QED) is 0.604. The number of anilines is 1. The van der Waals surface area contributed by atoms with E-state index in [0.717, 1.165) is 15.6 Å². The molecule has 0 amide bonds. The average molecular weight is 440 g/mol. The summed E-state index contributed by atoms with van der Waals surface area (Å²) in [4.78, 5) is 12.9. The van der Waals surface area contributed by atoms with E-state index in [2.05, 4.69) is 5.10 Å². The molecular formula is C18H18ClN3O4S2. The van der Waals surface area contributed by atoms with Crippen molar-refractivity contribution in [1.29, 1.82) is 0 Å². The number of hydrogen-bond acceptors (Lipinski definition) is 6. The van der Waals surface area contributed by atoms with E-state index in [1.165, 1.54) is 31.0 Å². The van der Waals surface area contributed by atoms with Crippen LogP contribution in [-0.2, 0) is 10.0 Å². The van der Waals surface area contributed by atoms with Gasteiger partial charge in [-0.05, 0) is 49.6 Å². The number of thiophene rings is 1. The number of halogens is 1. The Morgan fingerprint density at radius 3 is 2.54 bits per heavy atom. The first-order valence-electron chi connectivity index (χ1n) is 8.14. The molecule has 28 heavy (non-hydrogen) atoms. The van der Waals surface area contributed by atoms with Crippen molar-refractivity contribution in [2.45, 2.75) is 18.7 Å². The van der Waals surface area contributed by atoms with E-state index >= 15 is 0 Å². The first kappa shape index (κ1) is 20.4. The van der Waals surface area contributed by atoms with Gasteiger partial charge in [-0.1, -0.05) is 11.6 Å². The van der Waals surface area contributed by atoms with Gasteiger partial charge < -0.3 is 4.74 Å². The predicted molar refractivity (Wildman–Crippen MR) is 109 cm³/mol. The molecule has 0 fully saturated rings. The first-order chi connectivity index (χ1) is 13.2. The van der Waals surface area contributed by atoms with E-state index in [1.807, 2.05) is 0 Å². The van der Waals surface area contributed by atoms with Crippen LogP contribution >= 0.6 is 22.9 Å². The van der Waals surface area contributed by atoms with Crippen LogP contribution in [0, 0.1) is 13.8 Å². The van der Waals surface area contributed by atoms with Gasteiger partial charge in [-0.15, -0.1) is 11.3 Å². The lowest BCUT2D eigenvalue weighted by Crippen LogP contribution is -2.28. The molecule has 0 saturated heterocycles. The van der Waals surface area contributed by atoms with Crippen LogP contribution in [0.25, 0.3) is 0 Å². The SMILES string of the molecule is COc1ccc(N(C)S(=O)(=O)c2ccsc2C(=O)n2nc(C)cc2C)cc1Cl. The van der Waals surface area contributed by atoms with Crippen molar-refractivity contribution in [3.8, 4) is 5.75 Å². The number of rotatable bonds is 5. The second kappa shape index (κ2) is 7.57. The van der Waals surface area contributed by atoms with E-state index < -0.39 is 15.9 Å². The van der Waals surface area contributed by atoms with Gasteiger partial charge in [0.2, 0.25) is 0 Å². The summed E-state index contributed by atoms with van der Waals surface area (Å²) in [6.45, 7) is 3.51. The number of carbonyl (C=O) groups excluding carboxylic acids is 1. The minimum atomic E-state index is -3.99. The maximum absolute atomic E-state index is 13.2. The molecular weight excluding hydrogens is 422 g/mol. The fraction of sp³-hybridized carbons (Fsp3) is 0.222. The minimum absolute atomic E-state index is 0.0792. The van der Waals surface area contributed by atoms with Crippen LogP contribution in [0.4, 0.5) is 5.69 Å². The van der Waals surface area contributed by atoms with Crippen LogP contribution in [0.3, 0.4) is 0 Å². The van der Waals surface area contributed by atoms with Gasteiger partial charge in [-0.2, -0.15) is 5.10 Å². The van der Waals surface area contributed by atoms with E-state index in [-0.39, 0.29) is 14.8 Å². The maximum atomic E-state index is 13.2. The van der Waals surface area contributed by atoms with Gasteiger partial charge >= 0.3 is 0 Å². The standard InChI is InChI=1S/C18H18ClN3O4S2/c1-11-9-12(2)22(20-11)18(23)17-16(7-8-27-17)28(24,25)21(3)13-5-6-15(26-4)14(19)10-13/h5-10H,1-4H3. The molecule has 0 unspecified atom stereocenters. The third kappa shape index (κ3) is 3.52. The average Bonchev–Trinajstić information content (AvgIpc) is 3.27. The molecule has 0 saturated carbocycles. The zero-order chi connectivity index (χ0) is 20.6. The molecule has 0 atom stereocenters. The molecule has 0 spiro atoms. The largest absolute Gasteiger partial charge is 0.495 e. The van der Waals surface area contributed by atoms with Gasteiger partial charge in [-0.3, -0.25) is 9.10 Å². The summed E-state index contributed by atoms with van der Waals surface area (Å²) in [7, 11) is -1.11. The van der Waals surface area contributed by atoms with E-state index in [9.17, 15) is 13.2 Å². The first-order valence-corrected chi connectivity index (χ1v) is 10.8. The number of nitrogens with zero attached hydrogens (tertiary/aromatic N) is 3. The molecule has 0 N–H and O–H groups in total. The highest BCUT2D eigenvalue weighted by Gasteiger charge is 2.30. The molecule has 3 rings (SSSR count). The lowest BCUT2D eigenvalue weighted by atomic mass is 10.3. The molecule has 0 aliphatic carbocycles. The fourth-order valence-corrected chi connectivity index (χ4v) is 5.48. The monoisotopic (exact) mass is 439 g/mol. The summed E-state index contributed by atoms with van der Waals surface area (Å²) < 4.78 is 33.8. The zero-order valence-electron chi connectivity index (χ0n) is 15.6.